The van der Waals surface area contributed by atoms with Gasteiger partial charge in [-0.15, -0.1) is 0 Å². The summed E-state index contributed by atoms with van der Waals surface area (Å²) in [5.41, 5.74) is 3.20. The number of aromatic hydroxyl groups is 1. The highest BCUT2D eigenvalue weighted by Gasteiger charge is 2.14. The first-order valence-corrected chi connectivity index (χ1v) is 8.96. The number of anilines is 1. The van der Waals surface area contributed by atoms with Crippen LogP contribution in [0.25, 0.3) is 21.5 Å². The van der Waals surface area contributed by atoms with E-state index in [2.05, 4.69) is 15.8 Å². The molecule has 6 heteroatoms. The quantitative estimate of drug-likeness (QED) is 0.286. The number of amides is 2. The topological polar surface area (TPSA) is 90.8 Å². The van der Waals surface area contributed by atoms with Gasteiger partial charge in [0.05, 0.1) is 6.21 Å². The molecule has 0 atom stereocenters. The van der Waals surface area contributed by atoms with Crippen LogP contribution in [0.15, 0.2) is 84.0 Å². The number of hydrazone groups is 1. The number of benzene rings is 4. The van der Waals surface area contributed by atoms with Gasteiger partial charge in [0.2, 0.25) is 0 Å². The minimum atomic E-state index is -0.908. The van der Waals surface area contributed by atoms with E-state index >= 15 is 0 Å². The van der Waals surface area contributed by atoms with Crippen molar-refractivity contribution in [3.8, 4) is 5.75 Å². The number of hydrogen-bond donors (Lipinski definition) is 3. The molecule has 0 aliphatic carbocycles. The van der Waals surface area contributed by atoms with Gasteiger partial charge in [0.1, 0.15) is 5.75 Å². The van der Waals surface area contributed by atoms with Gasteiger partial charge in [0, 0.05) is 16.6 Å². The lowest BCUT2D eigenvalue weighted by molar-refractivity contribution is -0.136. The minimum Gasteiger partial charge on any atom is -0.507 e. The number of fused-ring (bicyclic) bond motifs is 2. The lowest BCUT2D eigenvalue weighted by Crippen LogP contribution is -2.32. The number of carbonyl (C=O) groups excluding carboxylic acids is 2. The van der Waals surface area contributed by atoms with E-state index in [-0.39, 0.29) is 5.75 Å². The fourth-order valence-corrected chi connectivity index (χ4v) is 3.14. The molecule has 0 aliphatic heterocycles. The van der Waals surface area contributed by atoms with Crippen molar-refractivity contribution in [3.63, 3.8) is 0 Å². The molecule has 0 saturated heterocycles. The van der Waals surface area contributed by atoms with Gasteiger partial charge < -0.3 is 10.4 Å². The molecule has 142 valence electrons. The molecule has 0 aliphatic rings. The molecule has 0 saturated carbocycles. The third-order valence-corrected chi connectivity index (χ3v) is 4.55. The minimum absolute atomic E-state index is 0.0295. The van der Waals surface area contributed by atoms with Crippen LogP contribution in [0.1, 0.15) is 5.56 Å². The largest absolute Gasteiger partial charge is 0.507 e. The maximum absolute atomic E-state index is 12.2. The van der Waals surface area contributed by atoms with Crippen molar-refractivity contribution in [2.75, 3.05) is 5.32 Å². The Morgan fingerprint density at radius 2 is 1.41 bits per heavy atom. The van der Waals surface area contributed by atoms with E-state index in [0.717, 1.165) is 21.5 Å². The normalized spacial score (nSPS) is 11.0. The van der Waals surface area contributed by atoms with Gasteiger partial charge >= 0.3 is 11.8 Å². The highest BCUT2D eigenvalue weighted by molar-refractivity contribution is 6.40. The molecule has 6 nitrogen and oxygen atoms in total. The number of nitrogens with zero attached hydrogens (tertiary/aromatic N) is 1. The maximum atomic E-state index is 12.2. The van der Waals surface area contributed by atoms with Crippen LogP contribution in [0.3, 0.4) is 0 Å². The third-order valence-electron chi connectivity index (χ3n) is 4.55. The third kappa shape index (κ3) is 3.77. The Labute approximate surface area is 166 Å². The number of carbonyl (C=O) groups is 2. The summed E-state index contributed by atoms with van der Waals surface area (Å²) in [4.78, 5) is 24.4. The molecular weight excluding hydrogens is 366 g/mol. The molecule has 0 heterocycles. The summed E-state index contributed by atoms with van der Waals surface area (Å²) in [5.74, 6) is -1.71. The Balaban J connectivity index is 1.49. The van der Waals surface area contributed by atoms with Crippen molar-refractivity contribution in [1.82, 2.24) is 5.43 Å². The van der Waals surface area contributed by atoms with E-state index in [9.17, 15) is 14.7 Å². The predicted octanol–water partition coefficient (Wildman–Crippen LogP) is 3.79. The first-order valence-electron chi connectivity index (χ1n) is 8.96. The molecule has 0 aromatic heterocycles. The number of phenolic OH excluding ortho intramolecular Hbond substituents is 1. The van der Waals surface area contributed by atoms with Crippen LogP contribution < -0.4 is 10.7 Å². The summed E-state index contributed by atoms with van der Waals surface area (Å²) in [6, 6.07) is 23.8. The molecule has 3 N–H and O–H groups in total. The van der Waals surface area contributed by atoms with Gasteiger partial charge in [-0.3, -0.25) is 9.59 Å². The van der Waals surface area contributed by atoms with Gasteiger partial charge in [0.15, 0.2) is 0 Å². The molecule has 0 unspecified atom stereocenters. The van der Waals surface area contributed by atoms with Crippen molar-refractivity contribution >= 4 is 45.3 Å². The molecule has 4 aromatic rings. The van der Waals surface area contributed by atoms with Crippen LogP contribution in [0, 0.1) is 0 Å². The number of nitrogens with one attached hydrogen (secondary N) is 2. The Bertz CT molecular complexity index is 1260. The van der Waals surface area contributed by atoms with E-state index in [0.29, 0.717) is 11.3 Å². The molecule has 4 rings (SSSR count). The molecule has 0 fully saturated rings. The van der Waals surface area contributed by atoms with Gasteiger partial charge in [-0.2, -0.15) is 5.10 Å². The summed E-state index contributed by atoms with van der Waals surface area (Å²) >= 11 is 0. The van der Waals surface area contributed by atoms with E-state index in [1.807, 2.05) is 54.6 Å². The van der Waals surface area contributed by atoms with Crippen LogP contribution in [-0.4, -0.2) is 23.1 Å². The van der Waals surface area contributed by atoms with Gasteiger partial charge in [-0.25, -0.2) is 5.43 Å². The fraction of sp³-hybridized carbons (Fsp3) is 0. The first kappa shape index (κ1) is 18.2. The summed E-state index contributed by atoms with van der Waals surface area (Å²) in [7, 11) is 0. The molecule has 0 radical (unpaired) electrons. The van der Waals surface area contributed by atoms with Crippen LogP contribution in [0.4, 0.5) is 5.69 Å². The fourth-order valence-electron chi connectivity index (χ4n) is 3.14. The number of phenols is 1. The average Bonchev–Trinajstić information content (AvgIpc) is 2.75. The SMILES string of the molecule is O=C(NN=Cc1c(O)ccc2ccccc12)C(=O)Nc1cccc2ccccc12. The van der Waals surface area contributed by atoms with Crippen molar-refractivity contribution in [3.05, 3.63) is 84.4 Å². The van der Waals surface area contributed by atoms with E-state index in [4.69, 9.17) is 0 Å². The van der Waals surface area contributed by atoms with Crippen LogP contribution in [0.2, 0.25) is 0 Å². The monoisotopic (exact) mass is 383 g/mol. The molecule has 0 spiro atoms. The van der Waals surface area contributed by atoms with E-state index in [1.54, 1.807) is 24.3 Å². The van der Waals surface area contributed by atoms with E-state index in [1.165, 1.54) is 6.21 Å². The zero-order valence-corrected chi connectivity index (χ0v) is 15.3. The Kier molecular flexibility index (Phi) is 4.90. The predicted molar refractivity (Wildman–Crippen MR) is 114 cm³/mol. The van der Waals surface area contributed by atoms with Gasteiger partial charge in [-0.05, 0) is 28.3 Å². The van der Waals surface area contributed by atoms with Crippen molar-refractivity contribution < 1.29 is 14.7 Å². The highest BCUT2D eigenvalue weighted by atomic mass is 16.3. The lowest BCUT2D eigenvalue weighted by Gasteiger charge is -2.08. The smallest absolute Gasteiger partial charge is 0.329 e. The van der Waals surface area contributed by atoms with Crippen molar-refractivity contribution in [2.45, 2.75) is 0 Å². The molecule has 29 heavy (non-hydrogen) atoms. The Hall–Kier alpha value is -4.19. The lowest BCUT2D eigenvalue weighted by atomic mass is 10.0. The summed E-state index contributed by atoms with van der Waals surface area (Å²) in [6.07, 6.45) is 1.32. The zero-order valence-electron chi connectivity index (χ0n) is 15.3. The van der Waals surface area contributed by atoms with E-state index < -0.39 is 11.8 Å². The van der Waals surface area contributed by atoms with Crippen LogP contribution in [0.5, 0.6) is 5.75 Å². The molecular formula is C23H17N3O3. The average molecular weight is 383 g/mol. The van der Waals surface area contributed by atoms with Gasteiger partial charge in [-0.1, -0.05) is 66.7 Å². The highest BCUT2D eigenvalue weighted by Crippen LogP contribution is 2.25. The number of rotatable bonds is 3. The second-order valence-corrected chi connectivity index (χ2v) is 6.40. The second kappa shape index (κ2) is 7.82. The maximum Gasteiger partial charge on any atom is 0.329 e. The van der Waals surface area contributed by atoms with Crippen molar-refractivity contribution in [2.24, 2.45) is 5.10 Å². The Morgan fingerprint density at radius 3 is 2.21 bits per heavy atom. The van der Waals surface area contributed by atoms with Crippen molar-refractivity contribution in [1.29, 1.82) is 0 Å². The summed E-state index contributed by atoms with van der Waals surface area (Å²) in [5, 5.41) is 20.0. The Morgan fingerprint density at radius 1 is 0.759 bits per heavy atom. The summed E-state index contributed by atoms with van der Waals surface area (Å²) in [6.45, 7) is 0. The van der Waals surface area contributed by atoms with Crippen LogP contribution >= 0.6 is 0 Å². The first-order chi connectivity index (χ1) is 14.1. The van der Waals surface area contributed by atoms with Gasteiger partial charge in [0.25, 0.3) is 0 Å². The summed E-state index contributed by atoms with van der Waals surface area (Å²) < 4.78 is 0. The standard InChI is InChI=1S/C23H17N3O3/c27-21-13-12-16-7-1-3-9-17(16)19(21)14-24-26-23(29)22(28)25-20-11-5-8-15-6-2-4-10-18(15)20/h1-14,27H,(H,25,28)(H,26,29). The zero-order chi connectivity index (χ0) is 20.2. The molecule has 4 aromatic carbocycles. The molecule has 2 amide bonds. The second-order valence-electron chi connectivity index (χ2n) is 6.40. The van der Waals surface area contributed by atoms with Crippen LogP contribution in [-0.2, 0) is 9.59 Å². The number of hydrogen-bond acceptors (Lipinski definition) is 4. The molecule has 0 bridgehead atoms.